The Bertz CT molecular complexity index is 580. The van der Waals surface area contributed by atoms with E-state index in [9.17, 15) is 10.1 Å². The number of nitrogens with one attached hydrogen (secondary N) is 1. The van der Waals surface area contributed by atoms with Crippen molar-refractivity contribution in [3.8, 4) is 0 Å². The van der Waals surface area contributed by atoms with Gasteiger partial charge < -0.3 is 9.73 Å². The number of anilines is 1. The van der Waals surface area contributed by atoms with Gasteiger partial charge in [0, 0.05) is 17.8 Å². The van der Waals surface area contributed by atoms with Gasteiger partial charge in [-0.05, 0) is 34.5 Å². The van der Waals surface area contributed by atoms with E-state index < -0.39 is 4.92 Å². The molecule has 1 aromatic heterocycles. The average molecular weight is 311 g/mol. The van der Waals surface area contributed by atoms with Crippen LogP contribution in [-0.4, -0.2) is 4.92 Å². The number of rotatable bonds is 4. The van der Waals surface area contributed by atoms with Crippen molar-refractivity contribution in [2.24, 2.45) is 0 Å². The van der Waals surface area contributed by atoms with Crippen LogP contribution >= 0.6 is 15.9 Å². The molecule has 0 amide bonds. The molecule has 0 atom stereocenters. The van der Waals surface area contributed by atoms with Gasteiger partial charge in [-0.3, -0.25) is 10.1 Å². The number of benzene rings is 1. The first kappa shape index (κ1) is 12.6. The minimum absolute atomic E-state index is 0.0709. The highest BCUT2D eigenvalue weighted by atomic mass is 79.9. The van der Waals surface area contributed by atoms with Gasteiger partial charge in [-0.15, -0.1) is 0 Å². The second-order valence-corrected chi connectivity index (χ2v) is 4.66. The number of hydrogen-bond donors (Lipinski definition) is 1. The van der Waals surface area contributed by atoms with Crippen molar-refractivity contribution >= 4 is 27.3 Å². The van der Waals surface area contributed by atoms with Crippen LogP contribution in [0.1, 0.15) is 11.3 Å². The Morgan fingerprint density at radius 3 is 2.83 bits per heavy atom. The van der Waals surface area contributed by atoms with E-state index in [0.717, 1.165) is 21.5 Å². The number of hydrogen-bond acceptors (Lipinski definition) is 4. The number of nitro benzene ring substituents is 1. The average Bonchev–Trinajstić information content (AvgIpc) is 2.73. The molecule has 0 saturated heterocycles. The Labute approximate surface area is 112 Å². The minimum Gasteiger partial charge on any atom is -0.466 e. The Kier molecular flexibility index (Phi) is 3.66. The van der Waals surface area contributed by atoms with Crippen LogP contribution in [0.5, 0.6) is 0 Å². The van der Waals surface area contributed by atoms with Gasteiger partial charge in [0.05, 0.1) is 22.2 Å². The molecule has 2 aromatic rings. The quantitative estimate of drug-likeness (QED) is 0.687. The number of non-ortho nitro benzene ring substituents is 1. The molecule has 0 bridgehead atoms. The Hall–Kier alpha value is -1.82. The van der Waals surface area contributed by atoms with E-state index in [-0.39, 0.29) is 5.69 Å². The molecule has 18 heavy (non-hydrogen) atoms. The van der Waals surface area contributed by atoms with Crippen molar-refractivity contribution in [2.75, 3.05) is 5.32 Å². The number of halogens is 1. The molecule has 0 aliphatic rings. The maximum Gasteiger partial charge on any atom is 0.271 e. The van der Waals surface area contributed by atoms with Gasteiger partial charge in [-0.2, -0.15) is 0 Å². The first-order valence-corrected chi connectivity index (χ1v) is 6.08. The fourth-order valence-corrected chi connectivity index (χ4v) is 1.88. The number of nitrogens with zero attached hydrogens (tertiary/aromatic N) is 1. The van der Waals surface area contributed by atoms with Crippen molar-refractivity contribution in [1.82, 2.24) is 0 Å². The lowest BCUT2D eigenvalue weighted by Gasteiger charge is -2.08. The Balaban J connectivity index is 2.16. The summed E-state index contributed by atoms with van der Waals surface area (Å²) in [7, 11) is 0. The number of furan rings is 1. The summed E-state index contributed by atoms with van der Waals surface area (Å²) in [6, 6.07) is 6.53. The van der Waals surface area contributed by atoms with Gasteiger partial charge in [0.15, 0.2) is 0 Å². The molecule has 5 nitrogen and oxygen atoms in total. The van der Waals surface area contributed by atoms with Crippen LogP contribution in [-0.2, 0) is 6.54 Å². The molecule has 0 fully saturated rings. The van der Waals surface area contributed by atoms with Gasteiger partial charge in [0.2, 0.25) is 0 Å². The standard InChI is InChI=1S/C12H11BrN2O3/c1-8-2-3-9(15(16)17)6-11(8)14-7-12-10(13)4-5-18-12/h2-6,14H,7H2,1H3. The summed E-state index contributed by atoms with van der Waals surface area (Å²) in [5, 5.41) is 13.8. The van der Waals surface area contributed by atoms with Crippen LogP contribution in [0.15, 0.2) is 39.4 Å². The van der Waals surface area contributed by atoms with Crippen molar-refractivity contribution in [3.63, 3.8) is 0 Å². The monoisotopic (exact) mass is 310 g/mol. The third-order valence-electron chi connectivity index (χ3n) is 2.56. The van der Waals surface area contributed by atoms with E-state index in [2.05, 4.69) is 21.2 Å². The second kappa shape index (κ2) is 5.22. The molecular formula is C12H11BrN2O3. The zero-order valence-corrected chi connectivity index (χ0v) is 11.2. The third-order valence-corrected chi connectivity index (χ3v) is 3.27. The van der Waals surface area contributed by atoms with Gasteiger partial charge in [0.25, 0.3) is 5.69 Å². The highest BCUT2D eigenvalue weighted by Gasteiger charge is 2.09. The van der Waals surface area contributed by atoms with Crippen LogP contribution in [0.3, 0.4) is 0 Å². The zero-order chi connectivity index (χ0) is 13.1. The molecule has 6 heteroatoms. The van der Waals surface area contributed by atoms with Crippen LogP contribution in [0.2, 0.25) is 0 Å². The molecule has 1 aromatic carbocycles. The van der Waals surface area contributed by atoms with Crippen LogP contribution in [0, 0.1) is 17.0 Å². The van der Waals surface area contributed by atoms with Crippen LogP contribution in [0.25, 0.3) is 0 Å². The summed E-state index contributed by atoms with van der Waals surface area (Å²) in [4.78, 5) is 10.3. The van der Waals surface area contributed by atoms with Crippen molar-refractivity contribution in [3.05, 3.63) is 56.4 Å². The summed E-state index contributed by atoms with van der Waals surface area (Å²) in [6.07, 6.45) is 1.58. The number of aryl methyl sites for hydroxylation is 1. The highest BCUT2D eigenvalue weighted by molar-refractivity contribution is 9.10. The smallest absolute Gasteiger partial charge is 0.271 e. The summed E-state index contributed by atoms with van der Waals surface area (Å²) in [5.41, 5.74) is 1.75. The third kappa shape index (κ3) is 2.70. The lowest BCUT2D eigenvalue weighted by atomic mass is 10.2. The lowest BCUT2D eigenvalue weighted by Crippen LogP contribution is -2.01. The number of nitro groups is 1. The fraction of sp³-hybridized carbons (Fsp3) is 0.167. The van der Waals surface area contributed by atoms with E-state index in [0.29, 0.717) is 6.54 Å². The van der Waals surface area contributed by atoms with E-state index in [1.165, 1.54) is 12.1 Å². The highest BCUT2D eigenvalue weighted by Crippen LogP contribution is 2.24. The zero-order valence-electron chi connectivity index (χ0n) is 9.64. The predicted molar refractivity (Wildman–Crippen MR) is 71.6 cm³/mol. The molecule has 94 valence electrons. The molecule has 1 N–H and O–H groups in total. The van der Waals surface area contributed by atoms with Gasteiger partial charge in [0.1, 0.15) is 5.76 Å². The first-order valence-electron chi connectivity index (χ1n) is 5.28. The maximum atomic E-state index is 10.7. The fourth-order valence-electron chi connectivity index (χ4n) is 1.54. The normalized spacial score (nSPS) is 10.3. The molecule has 0 spiro atoms. The molecule has 2 rings (SSSR count). The molecule has 0 radical (unpaired) electrons. The van der Waals surface area contributed by atoms with Gasteiger partial charge in [-0.1, -0.05) is 6.07 Å². The lowest BCUT2D eigenvalue weighted by molar-refractivity contribution is -0.384. The maximum absolute atomic E-state index is 10.7. The summed E-state index contributed by atoms with van der Waals surface area (Å²) in [6.45, 7) is 2.36. The molecule has 1 heterocycles. The summed E-state index contributed by atoms with van der Waals surface area (Å²) in [5.74, 6) is 0.751. The second-order valence-electron chi connectivity index (χ2n) is 3.80. The van der Waals surface area contributed by atoms with Crippen LogP contribution in [0.4, 0.5) is 11.4 Å². The summed E-state index contributed by atoms with van der Waals surface area (Å²) >= 11 is 3.35. The van der Waals surface area contributed by atoms with Crippen molar-refractivity contribution in [2.45, 2.75) is 13.5 Å². The van der Waals surface area contributed by atoms with Crippen molar-refractivity contribution < 1.29 is 9.34 Å². The van der Waals surface area contributed by atoms with E-state index in [1.54, 1.807) is 18.4 Å². The topological polar surface area (TPSA) is 68.3 Å². The molecular weight excluding hydrogens is 300 g/mol. The molecule has 0 aliphatic heterocycles. The van der Waals surface area contributed by atoms with E-state index in [1.807, 2.05) is 6.92 Å². The summed E-state index contributed by atoms with van der Waals surface area (Å²) < 4.78 is 6.13. The van der Waals surface area contributed by atoms with Crippen LogP contribution < -0.4 is 5.32 Å². The predicted octanol–water partition coefficient (Wildman–Crippen LogP) is 3.87. The largest absolute Gasteiger partial charge is 0.466 e. The minimum atomic E-state index is -0.409. The SMILES string of the molecule is Cc1ccc([N+](=O)[O-])cc1NCc1occc1Br. The first-order chi connectivity index (χ1) is 8.58. The van der Waals surface area contributed by atoms with E-state index in [4.69, 9.17) is 4.42 Å². The van der Waals surface area contributed by atoms with E-state index >= 15 is 0 Å². The van der Waals surface area contributed by atoms with Crippen molar-refractivity contribution in [1.29, 1.82) is 0 Å². The Morgan fingerprint density at radius 1 is 1.44 bits per heavy atom. The molecule has 0 saturated carbocycles. The molecule has 0 unspecified atom stereocenters. The van der Waals surface area contributed by atoms with Gasteiger partial charge in [-0.25, -0.2) is 0 Å². The van der Waals surface area contributed by atoms with Gasteiger partial charge >= 0.3 is 0 Å². The Morgan fingerprint density at radius 2 is 2.22 bits per heavy atom. The molecule has 0 aliphatic carbocycles.